The van der Waals surface area contributed by atoms with Gasteiger partial charge < -0.3 is 5.32 Å². The van der Waals surface area contributed by atoms with Gasteiger partial charge in [0.1, 0.15) is 0 Å². The molecule has 0 aromatic heterocycles. The number of hydrogen-bond acceptors (Lipinski definition) is 2. The largest absolute Gasteiger partial charge is 0.313 e. The van der Waals surface area contributed by atoms with E-state index in [1.165, 1.54) is 44.3 Å². The third-order valence-corrected chi connectivity index (χ3v) is 3.46. The van der Waals surface area contributed by atoms with Gasteiger partial charge in [0, 0.05) is 24.7 Å². The van der Waals surface area contributed by atoms with E-state index in [0.29, 0.717) is 6.04 Å². The first-order valence-corrected chi connectivity index (χ1v) is 6.91. The molecule has 1 N–H and O–H groups in total. The smallest absolute Gasteiger partial charge is 0.0202 e. The number of halogens is 1. The molecular formula is C13H25ClN2. The highest BCUT2D eigenvalue weighted by Crippen LogP contribution is 2.10. The Morgan fingerprint density at radius 2 is 2.31 bits per heavy atom. The predicted molar refractivity (Wildman–Crippen MR) is 72.0 cm³/mol. The lowest BCUT2D eigenvalue weighted by Gasteiger charge is -2.30. The topological polar surface area (TPSA) is 15.3 Å². The standard InChI is InChI=1S/C13H25ClN2/c1-3-8-16(10-12(2)9-14)11-13-6-4-5-7-15-13/h9,13,15H,3-8,10-11H2,1-2H3. The van der Waals surface area contributed by atoms with Gasteiger partial charge in [-0.2, -0.15) is 0 Å². The van der Waals surface area contributed by atoms with Gasteiger partial charge in [-0.3, -0.25) is 4.90 Å². The Balaban J connectivity index is 2.36. The maximum atomic E-state index is 5.73. The maximum Gasteiger partial charge on any atom is 0.0202 e. The Hall–Kier alpha value is -0.0500. The molecule has 1 aliphatic rings. The summed E-state index contributed by atoms with van der Waals surface area (Å²) >= 11 is 5.73. The van der Waals surface area contributed by atoms with E-state index in [-0.39, 0.29) is 0 Å². The van der Waals surface area contributed by atoms with Crippen LogP contribution in [0.15, 0.2) is 11.1 Å². The molecule has 0 saturated carbocycles. The minimum absolute atomic E-state index is 0.684. The normalized spacial score (nSPS) is 22.8. The third kappa shape index (κ3) is 5.33. The van der Waals surface area contributed by atoms with Gasteiger partial charge in [0.2, 0.25) is 0 Å². The SMILES string of the molecule is CCCN(CC(C)=CCl)CC1CCCCN1. The van der Waals surface area contributed by atoms with E-state index in [1.54, 1.807) is 5.54 Å². The van der Waals surface area contributed by atoms with Crippen molar-refractivity contribution in [3.05, 3.63) is 11.1 Å². The number of piperidine rings is 1. The zero-order chi connectivity index (χ0) is 11.8. The minimum atomic E-state index is 0.684. The molecule has 94 valence electrons. The molecule has 0 radical (unpaired) electrons. The summed E-state index contributed by atoms with van der Waals surface area (Å²) in [5.41, 5.74) is 2.96. The summed E-state index contributed by atoms with van der Waals surface area (Å²) in [6.45, 7) is 8.87. The van der Waals surface area contributed by atoms with Crippen LogP contribution < -0.4 is 5.32 Å². The average Bonchev–Trinajstić information content (AvgIpc) is 2.30. The van der Waals surface area contributed by atoms with Crippen LogP contribution in [0.3, 0.4) is 0 Å². The van der Waals surface area contributed by atoms with Crippen LogP contribution in [0.25, 0.3) is 0 Å². The van der Waals surface area contributed by atoms with Crippen molar-refractivity contribution in [2.24, 2.45) is 0 Å². The molecule has 0 aliphatic carbocycles. The number of rotatable bonds is 6. The average molecular weight is 245 g/mol. The van der Waals surface area contributed by atoms with Gasteiger partial charge in [-0.05, 0) is 44.8 Å². The van der Waals surface area contributed by atoms with Crippen molar-refractivity contribution in [2.75, 3.05) is 26.2 Å². The van der Waals surface area contributed by atoms with Gasteiger partial charge in [-0.25, -0.2) is 0 Å². The second kappa shape index (κ2) is 8.10. The molecule has 1 unspecified atom stereocenters. The molecular weight excluding hydrogens is 220 g/mol. The first-order valence-electron chi connectivity index (χ1n) is 6.47. The van der Waals surface area contributed by atoms with Gasteiger partial charge in [-0.1, -0.05) is 24.9 Å². The van der Waals surface area contributed by atoms with Crippen LogP contribution >= 0.6 is 11.6 Å². The molecule has 1 atom stereocenters. The van der Waals surface area contributed by atoms with E-state index < -0.39 is 0 Å². The molecule has 16 heavy (non-hydrogen) atoms. The van der Waals surface area contributed by atoms with E-state index in [1.807, 2.05) is 0 Å². The lowest BCUT2D eigenvalue weighted by atomic mass is 10.0. The summed E-state index contributed by atoms with van der Waals surface area (Å²) in [7, 11) is 0. The molecule has 1 fully saturated rings. The van der Waals surface area contributed by atoms with E-state index in [0.717, 1.165) is 13.1 Å². The first kappa shape index (κ1) is 14.0. The van der Waals surface area contributed by atoms with E-state index >= 15 is 0 Å². The lowest BCUT2D eigenvalue weighted by Crippen LogP contribution is -2.44. The lowest BCUT2D eigenvalue weighted by molar-refractivity contribution is 0.239. The molecule has 3 heteroatoms. The molecule has 0 bridgehead atoms. The maximum absolute atomic E-state index is 5.73. The number of nitrogens with one attached hydrogen (secondary N) is 1. The van der Waals surface area contributed by atoms with Crippen LogP contribution in [0.2, 0.25) is 0 Å². The fourth-order valence-corrected chi connectivity index (χ4v) is 2.40. The Morgan fingerprint density at radius 1 is 1.50 bits per heavy atom. The van der Waals surface area contributed by atoms with Crippen molar-refractivity contribution in [1.29, 1.82) is 0 Å². The fraction of sp³-hybridized carbons (Fsp3) is 0.846. The van der Waals surface area contributed by atoms with Crippen molar-refractivity contribution in [3.8, 4) is 0 Å². The number of hydrogen-bond donors (Lipinski definition) is 1. The van der Waals surface area contributed by atoms with E-state index in [4.69, 9.17) is 11.6 Å². The van der Waals surface area contributed by atoms with Crippen LogP contribution in [0, 0.1) is 0 Å². The van der Waals surface area contributed by atoms with Gasteiger partial charge in [0.25, 0.3) is 0 Å². The van der Waals surface area contributed by atoms with Gasteiger partial charge in [-0.15, -0.1) is 0 Å². The highest BCUT2D eigenvalue weighted by Gasteiger charge is 2.16. The second-order valence-corrected chi connectivity index (χ2v) is 5.06. The quantitative estimate of drug-likeness (QED) is 0.773. The molecule has 1 aliphatic heterocycles. The van der Waals surface area contributed by atoms with Crippen LogP contribution in [0.5, 0.6) is 0 Å². The van der Waals surface area contributed by atoms with Crippen LogP contribution in [-0.4, -0.2) is 37.1 Å². The van der Waals surface area contributed by atoms with Crippen molar-refractivity contribution in [2.45, 2.75) is 45.6 Å². The Bertz CT molecular complexity index is 210. The summed E-state index contributed by atoms with van der Waals surface area (Å²) < 4.78 is 0. The summed E-state index contributed by atoms with van der Waals surface area (Å²) in [6.07, 6.45) is 5.25. The fourth-order valence-electron chi connectivity index (χ4n) is 2.33. The zero-order valence-corrected chi connectivity index (χ0v) is 11.4. The third-order valence-electron chi connectivity index (χ3n) is 3.09. The van der Waals surface area contributed by atoms with Crippen LogP contribution in [0.4, 0.5) is 0 Å². The minimum Gasteiger partial charge on any atom is -0.313 e. The molecule has 2 nitrogen and oxygen atoms in total. The molecule has 0 amide bonds. The van der Waals surface area contributed by atoms with Crippen LogP contribution in [0.1, 0.15) is 39.5 Å². The van der Waals surface area contributed by atoms with Crippen LogP contribution in [-0.2, 0) is 0 Å². The van der Waals surface area contributed by atoms with E-state index in [9.17, 15) is 0 Å². The summed E-state index contributed by atoms with van der Waals surface area (Å²) in [5.74, 6) is 0. The monoisotopic (exact) mass is 244 g/mol. The summed E-state index contributed by atoms with van der Waals surface area (Å²) in [6, 6.07) is 0.684. The molecule has 1 rings (SSSR count). The summed E-state index contributed by atoms with van der Waals surface area (Å²) in [5, 5.41) is 3.61. The zero-order valence-electron chi connectivity index (χ0n) is 10.6. The van der Waals surface area contributed by atoms with Crippen molar-refractivity contribution < 1.29 is 0 Å². The van der Waals surface area contributed by atoms with Gasteiger partial charge in [0.15, 0.2) is 0 Å². The Morgan fingerprint density at radius 3 is 2.88 bits per heavy atom. The Kier molecular flexibility index (Phi) is 7.10. The van der Waals surface area contributed by atoms with Crippen molar-refractivity contribution >= 4 is 11.6 Å². The highest BCUT2D eigenvalue weighted by atomic mass is 35.5. The second-order valence-electron chi connectivity index (χ2n) is 4.84. The van der Waals surface area contributed by atoms with Gasteiger partial charge >= 0.3 is 0 Å². The Labute approximate surface area is 105 Å². The number of nitrogens with zero attached hydrogens (tertiary/aromatic N) is 1. The highest BCUT2D eigenvalue weighted by molar-refractivity contribution is 6.25. The summed E-state index contributed by atoms with van der Waals surface area (Å²) in [4.78, 5) is 2.51. The van der Waals surface area contributed by atoms with Crippen molar-refractivity contribution in [3.63, 3.8) is 0 Å². The van der Waals surface area contributed by atoms with E-state index in [2.05, 4.69) is 24.1 Å². The first-order chi connectivity index (χ1) is 7.76. The molecule has 1 heterocycles. The predicted octanol–water partition coefficient (Wildman–Crippen LogP) is 2.98. The molecule has 1 saturated heterocycles. The molecule has 0 aromatic rings. The molecule has 0 aromatic carbocycles. The van der Waals surface area contributed by atoms with Crippen molar-refractivity contribution in [1.82, 2.24) is 10.2 Å². The van der Waals surface area contributed by atoms with Gasteiger partial charge in [0.05, 0.1) is 0 Å². The molecule has 0 spiro atoms.